The van der Waals surface area contributed by atoms with E-state index in [2.05, 4.69) is 65.8 Å². The maximum atomic E-state index is 11.7. The highest BCUT2D eigenvalue weighted by atomic mass is 32.1. The van der Waals surface area contributed by atoms with Crippen molar-refractivity contribution in [2.75, 3.05) is 32.8 Å². The molecule has 6 rings (SSSR count). The Morgan fingerprint density at radius 3 is 2.68 bits per heavy atom. The number of benzene rings is 2. The van der Waals surface area contributed by atoms with E-state index in [4.69, 9.17) is 9.72 Å². The molecule has 0 aliphatic carbocycles. The molecule has 37 heavy (non-hydrogen) atoms. The van der Waals surface area contributed by atoms with Gasteiger partial charge < -0.3 is 20.3 Å². The molecule has 7 heteroatoms. The number of hydrogen-bond donors (Lipinski definition) is 2. The van der Waals surface area contributed by atoms with Gasteiger partial charge in [0.05, 0.1) is 17.8 Å². The molecule has 0 bridgehead atoms. The van der Waals surface area contributed by atoms with Crippen LogP contribution in [0.4, 0.5) is 0 Å². The smallest absolute Gasteiger partial charge is 0.220 e. The van der Waals surface area contributed by atoms with E-state index in [1.165, 1.54) is 38.4 Å². The van der Waals surface area contributed by atoms with Crippen molar-refractivity contribution in [3.63, 3.8) is 0 Å². The number of thiazole rings is 1. The number of likely N-dealkylation sites (tertiary alicyclic amines) is 1. The summed E-state index contributed by atoms with van der Waals surface area (Å²) < 4.78 is 6.29. The molecule has 3 aliphatic rings. The number of rotatable bonds is 7. The Labute approximate surface area is 223 Å². The van der Waals surface area contributed by atoms with E-state index in [1.54, 1.807) is 0 Å². The van der Waals surface area contributed by atoms with Crippen LogP contribution in [0.2, 0.25) is 0 Å². The van der Waals surface area contributed by atoms with E-state index in [9.17, 15) is 4.79 Å². The van der Waals surface area contributed by atoms with Crippen molar-refractivity contribution >= 4 is 17.2 Å². The first kappa shape index (κ1) is 24.6. The van der Waals surface area contributed by atoms with Gasteiger partial charge in [-0.3, -0.25) is 4.79 Å². The topological polar surface area (TPSA) is 66.5 Å². The van der Waals surface area contributed by atoms with Crippen LogP contribution in [-0.4, -0.2) is 54.1 Å². The molecule has 194 valence electrons. The van der Waals surface area contributed by atoms with Gasteiger partial charge >= 0.3 is 0 Å². The first-order valence-electron chi connectivity index (χ1n) is 13.6. The summed E-state index contributed by atoms with van der Waals surface area (Å²) >= 11 is 1.84. The van der Waals surface area contributed by atoms with Crippen LogP contribution in [0.1, 0.15) is 47.4 Å². The zero-order valence-corrected chi connectivity index (χ0v) is 22.7. The lowest BCUT2D eigenvalue weighted by molar-refractivity contribution is -0.119. The third kappa shape index (κ3) is 4.92. The lowest BCUT2D eigenvalue weighted by atomic mass is 9.93. The Bertz CT molecular complexity index is 1300. The fraction of sp³-hybridized carbons (Fsp3) is 0.467. The summed E-state index contributed by atoms with van der Waals surface area (Å²) in [6.07, 6.45) is 4.77. The van der Waals surface area contributed by atoms with Crippen LogP contribution < -0.4 is 15.4 Å². The lowest BCUT2D eigenvalue weighted by Crippen LogP contribution is -2.44. The molecule has 2 saturated heterocycles. The van der Waals surface area contributed by atoms with Crippen LogP contribution in [-0.2, 0) is 17.8 Å². The summed E-state index contributed by atoms with van der Waals surface area (Å²) in [6, 6.07) is 12.9. The number of aromatic nitrogens is 1. The Morgan fingerprint density at radius 1 is 1.05 bits per heavy atom. The Hall–Kier alpha value is -2.74. The number of carbonyl (C=O) groups is 1. The van der Waals surface area contributed by atoms with E-state index in [-0.39, 0.29) is 11.4 Å². The van der Waals surface area contributed by atoms with Gasteiger partial charge in [-0.15, -0.1) is 11.3 Å². The molecule has 4 heterocycles. The first-order valence-corrected chi connectivity index (χ1v) is 14.4. The fourth-order valence-corrected chi connectivity index (χ4v) is 7.32. The lowest BCUT2D eigenvalue weighted by Gasteiger charge is -2.24. The van der Waals surface area contributed by atoms with E-state index in [0.29, 0.717) is 13.0 Å². The summed E-state index contributed by atoms with van der Waals surface area (Å²) in [5.41, 5.74) is 7.38. The molecule has 1 spiro atoms. The number of fused-ring (bicyclic) bond motifs is 1. The maximum absolute atomic E-state index is 11.7. The van der Waals surface area contributed by atoms with E-state index in [0.717, 1.165) is 69.2 Å². The summed E-state index contributed by atoms with van der Waals surface area (Å²) in [4.78, 5) is 20.6. The van der Waals surface area contributed by atoms with Crippen LogP contribution in [0.5, 0.6) is 5.75 Å². The normalized spacial score (nSPS) is 21.4. The third-order valence-corrected chi connectivity index (χ3v) is 9.47. The Kier molecular flexibility index (Phi) is 6.78. The second-order valence-corrected chi connectivity index (χ2v) is 11.9. The van der Waals surface area contributed by atoms with Crippen molar-refractivity contribution in [2.45, 2.75) is 58.0 Å². The zero-order chi connectivity index (χ0) is 25.4. The molecular formula is C30H36N4O2S. The summed E-state index contributed by atoms with van der Waals surface area (Å²) in [5, 5.41) is 7.78. The molecule has 0 saturated carbocycles. The van der Waals surface area contributed by atoms with E-state index in [1.807, 2.05) is 11.3 Å². The van der Waals surface area contributed by atoms with Gasteiger partial charge in [0.15, 0.2) is 0 Å². The van der Waals surface area contributed by atoms with Gasteiger partial charge in [0.1, 0.15) is 10.8 Å². The van der Waals surface area contributed by atoms with Gasteiger partial charge in [0, 0.05) is 49.6 Å². The van der Waals surface area contributed by atoms with Gasteiger partial charge in [-0.25, -0.2) is 4.98 Å². The highest BCUT2D eigenvalue weighted by Gasteiger charge is 2.42. The van der Waals surface area contributed by atoms with Crippen LogP contribution in [0.3, 0.4) is 0 Å². The van der Waals surface area contributed by atoms with Crippen LogP contribution in [0, 0.1) is 13.8 Å². The molecule has 1 unspecified atom stereocenters. The van der Waals surface area contributed by atoms with Crippen LogP contribution >= 0.6 is 11.3 Å². The molecule has 1 aromatic heterocycles. The minimum absolute atomic E-state index is 0.0318. The van der Waals surface area contributed by atoms with Crippen molar-refractivity contribution in [1.29, 1.82) is 0 Å². The Morgan fingerprint density at radius 2 is 1.86 bits per heavy atom. The molecule has 2 N–H and O–H groups in total. The third-order valence-electron chi connectivity index (χ3n) is 8.28. The predicted molar refractivity (Wildman–Crippen MR) is 149 cm³/mol. The SMILES string of the molecule is Cc1c(OCCCN2CCC3(CCC(=O)N3)C2)cccc1-c1cccc(-c2nc3c(s2)CCNC3)c1C. The molecular weight excluding hydrogens is 480 g/mol. The minimum Gasteiger partial charge on any atom is -0.493 e. The van der Waals surface area contributed by atoms with Crippen molar-refractivity contribution < 1.29 is 9.53 Å². The molecule has 2 fully saturated rings. The average Bonchev–Trinajstić information content (AvgIpc) is 3.61. The Balaban J connectivity index is 1.12. The van der Waals surface area contributed by atoms with Gasteiger partial charge in [0.2, 0.25) is 5.91 Å². The van der Waals surface area contributed by atoms with Gasteiger partial charge in [-0.2, -0.15) is 0 Å². The zero-order valence-electron chi connectivity index (χ0n) is 21.9. The second-order valence-electron chi connectivity index (χ2n) is 10.8. The van der Waals surface area contributed by atoms with Crippen LogP contribution in [0.15, 0.2) is 36.4 Å². The highest BCUT2D eigenvalue weighted by Crippen LogP contribution is 2.38. The summed E-state index contributed by atoms with van der Waals surface area (Å²) in [7, 11) is 0. The molecule has 3 aromatic rings. The second kappa shape index (κ2) is 10.2. The van der Waals surface area contributed by atoms with E-state index < -0.39 is 0 Å². The molecule has 1 amide bonds. The van der Waals surface area contributed by atoms with Gasteiger partial charge in [-0.1, -0.05) is 30.3 Å². The molecule has 6 nitrogen and oxygen atoms in total. The first-order chi connectivity index (χ1) is 18.0. The van der Waals surface area contributed by atoms with Gasteiger partial charge in [0.25, 0.3) is 0 Å². The van der Waals surface area contributed by atoms with Crippen molar-refractivity contribution in [1.82, 2.24) is 20.5 Å². The maximum Gasteiger partial charge on any atom is 0.220 e. The molecule has 2 aromatic carbocycles. The van der Waals surface area contributed by atoms with Gasteiger partial charge in [-0.05, 0) is 67.9 Å². The van der Waals surface area contributed by atoms with Crippen molar-refractivity contribution in [2.24, 2.45) is 0 Å². The number of nitrogens with one attached hydrogen (secondary N) is 2. The standard InChI is InChI=1S/C30H36N4O2S/c1-20-22(6-3-8-24(20)29-32-25-18-31-14-11-27(25)37-29)23-7-4-9-26(21(23)2)36-17-5-15-34-16-13-30(19-34)12-10-28(35)33-30/h3-4,6-9,31H,5,10-19H2,1-2H3,(H,33,35). The number of ether oxygens (including phenoxy) is 1. The fourth-order valence-electron chi connectivity index (χ4n) is 6.16. The summed E-state index contributed by atoms with van der Waals surface area (Å²) in [5.74, 6) is 1.17. The number of carbonyl (C=O) groups excluding carboxylic acids is 1. The number of nitrogens with zero attached hydrogens (tertiary/aromatic N) is 2. The molecule has 3 aliphatic heterocycles. The quantitative estimate of drug-likeness (QED) is 0.439. The molecule has 1 atom stereocenters. The average molecular weight is 517 g/mol. The minimum atomic E-state index is 0.0318. The predicted octanol–water partition coefficient (Wildman–Crippen LogP) is 4.86. The monoisotopic (exact) mass is 516 g/mol. The number of amides is 1. The summed E-state index contributed by atoms with van der Waals surface area (Å²) in [6.45, 7) is 10.0. The largest absolute Gasteiger partial charge is 0.493 e. The van der Waals surface area contributed by atoms with Crippen molar-refractivity contribution in [3.05, 3.63) is 58.1 Å². The van der Waals surface area contributed by atoms with Crippen LogP contribution in [0.25, 0.3) is 21.7 Å². The number of hydrogen-bond acceptors (Lipinski definition) is 6. The highest BCUT2D eigenvalue weighted by molar-refractivity contribution is 7.15. The molecule has 0 radical (unpaired) electrons. The van der Waals surface area contributed by atoms with E-state index >= 15 is 0 Å². The van der Waals surface area contributed by atoms with Crippen molar-refractivity contribution in [3.8, 4) is 27.4 Å².